The van der Waals surface area contributed by atoms with Gasteiger partial charge in [0.2, 0.25) is 35.3 Å². The highest BCUT2D eigenvalue weighted by Gasteiger charge is 2.34. The van der Waals surface area contributed by atoms with Crippen molar-refractivity contribution in [1.29, 1.82) is 10.8 Å². The van der Waals surface area contributed by atoms with E-state index in [1.807, 2.05) is 53.4 Å². The van der Waals surface area contributed by atoms with Gasteiger partial charge in [-0.25, -0.2) is 9.97 Å². The molecule has 9 amide bonds. The molecule has 4 atom stereocenters. The summed E-state index contributed by atoms with van der Waals surface area (Å²) in [5.74, 6) is -4.80. The molecule has 0 spiro atoms. The number of hydrogen-bond donors (Lipinski definition) is 16. The van der Waals surface area contributed by atoms with Crippen molar-refractivity contribution in [2.75, 3.05) is 170 Å². The van der Waals surface area contributed by atoms with Crippen LogP contribution in [0.4, 0.5) is 34.4 Å². The highest BCUT2D eigenvalue weighted by atomic mass is 35.5. The van der Waals surface area contributed by atoms with E-state index in [0.717, 1.165) is 34.5 Å². The van der Waals surface area contributed by atoms with E-state index in [-0.39, 0.29) is 122 Å². The highest BCUT2D eigenvalue weighted by molar-refractivity contribution is 6.30. The summed E-state index contributed by atoms with van der Waals surface area (Å²) < 4.78 is 50.5. The summed E-state index contributed by atoms with van der Waals surface area (Å²) in [7, 11) is 6.32. The summed E-state index contributed by atoms with van der Waals surface area (Å²) >= 11 is 6.14. The molecule has 0 bridgehead atoms. The van der Waals surface area contributed by atoms with Crippen molar-refractivity contribution in [3.05, 3.63) is 143 Å². The number of nitrogens with two attached hydrogens (primary N) is 3. The van der Waals surface area contributed by atoms with E-state index in [1.165, 1.54) is 51.5 Å². The van der Waals surface area contributed by atoms with E-state index in [1.54, 1.807) is 51.0 Å². The zero-order chi connectivity index (χ0) is 87.2. The second-order valence-electron chi connectivity index (χ2n) is 28.1. The number of aromatic nitrogens is 6. The molecule has 3 aromatic carbocycles. The Morgan fingerprint density at radius 1 is 0.488 bits per heavy atom. The fourth-order valence-corrected chi connectivity index (χ4v) is 12.8. The number of aryl methyl sites for hydroxylation is 4. The van der Waals surface area contributed by atoms with Crippen LogP contribution in [-0.4, -0.2) is 250 Å². The van der Waals surface area contributed by atoms with Crippen LogP contribution in [0.15, 0.2) is 104 Å². The van der Waals surface area contributed by atoms with E-state index >= 15 is 0 Å². The molecule has 121 heavy (non-hydrogen) atoms. The minimum absolute atomic E-state index is 0.00372. The Kier molecular flexibility index (Phi) is 38.8. The van der Waals surface area contributed by atoms with E-state index in [4.69, 9.17) is 77.5 Å². The van der Waals surface area contributed by atoms with Crippen LogP contribution in [0, 0.1) is 10.8 Å². The van der Waals surface area contributed by atoms with Gasteiger partial charge in [0.15, 0.2) is 23.6 Å². The summed E-state index contributed by atoms with van der Waals surface area (Å²) in [5, 5.41) is 45.9. The molecule has 0 saturated carbocycles. The largest absolute Gasteiger partial charge is 0.378 e. The average molecular weight is 1700 g/mol. The molecule has 1 aliphatic rings. The first-order valence-corrected chi connectivity index (χ1v) is 40.0. The number of anilines is 6. The van der Waals surface area contributed by atoms with Gasteiger partial charge in [0.25, 0.3) is 29.5 Å². The molecule has 656 valence electrons. The Balaban J connectivity index is 0.587. The number of guanidine groups is 2. The van der Waals surface area contributed by atoms with Crippen LogP contribution >= 0.6 is 11.6 Å². The maximum atomic E-state index is 13.5. The van der Waals surface area contributed by atoms with Crippen LogP contribution < -0.4 is 80.6 Å². The van der Waals surface area contributed by atoms with Crippen molar-refractivity contribution >= 4 is 111 Å². The molecule has 7 aromatic rings. The number of benzene rings is 3. The number of carbonyl (C=O) groups excluding carboxylic acids is 9. The number of hydrogen-bond acceptors (Lipinski definition) is 23. The van der Waals surface area contributed by atoms with Crippen LogP contribution in [0.1, 0.15) is 117 Å². The van der Waals surface area contributed by atoms with Crippen molar-refractivity contribution < 1.29 is 81.0 Å². The third-order valence-corrected chi connectivity index (χ3v) is 18.9. The van der Waals surface area contributed by atoms with Crippen molar-refractivity contribution in [1.82, 2.24) is 60.1 Å². The lowest BCUT2D eigenvalue weighted by Gasteiger charge is -2.39. The predicted molar refractivity (Wildman–Crippen MR) is 454 cm³/mol. The minimum Gasteiger partial charge on any atom is -0.378 e. The molecule has 4 aromatic heterocycles. The molecule has 41 heteroatoms. The van der Waals surface area contributed by atoms with Gasteiger partial charge in [-0.3, -0.25) is 54.0 Å². The third kappa shape index (κ3) is 31.7. The molecule has 0 saturated heterocycles. The second-order valence-corrected chi connectivity index (χ2v) is 28.5. The summed E-state index contributed by atoms with van der Waals surface area (Å²) in [6.07, 6.45) is 7.56. The van der Waals surface area contributed by atoms with Crippen molar-refractivity contribution in [3.63, 3.8) is 0 Å². The number of amides is 9. The predicted octanol–water partition coefficient (Wildman–Crippen LogP) is 3.28. The Labute approximate surface area is 705 Å². The maximum Gasteiger partial charge on any atom is 0.291 e. The van der Waals surface area contributed by atoms with Crippen LogP contribution in [0.3, 0.4) is 0 Å². The lowest BCUT2D eigenvalue weighted by Crippen LogP contribution is -2.50. The standard InChI is InChI=1S/C80H112ClN23O17/c1-51-43-63(92-57-18-16-56(81)17-19-57)60-44-55(15-20-64(60)104(51)52(2)105)53-11-13-54(14-12-53)72(107)88-25-27-114-29-31-116-33-35-118-37-39-120-41-42-121-40-38-119-36-34-117-32-30-115-28-26-89-76(111)66-46-59(48-101(66)4)93-77(112)70-97-67(49-102(70)5)96-69(106)21-24-87-75(110)65-45-58(47-100(65)3)94-78(113)71-98-68(50-103(71)6)99-74(109)62(10-8-23-91-80(85)86)95-73(108)61(82)9-7-22-90-79(83)84/h11-20,44-51,61-63,92H,7-10,21-43,82H2,1-6H3,(H,87,110)(H,88,107)(H,89,111)(H,93,112)(H,94,113)(H,95,108)(H,96,106)(H,99,109)(H4,83,84,90)(H4,85,86,91)/t51-,61-,62-,63+/m0/s1. The van der Waals surface area contributed by atoms with Crippen molar-refractivity contribution in [3.8, 4) is 11.1 Å². The smallest absolute Gasteiger partial charge is 0.291 e. The molecule has 0 aliphatic carbocycles. The first-order valence-electron chi connectivity index (χ1n) is 39.6. The number of rotatable bonds is 53. The molecule has 40 nitrogen and oxygen atoms in total. The molecule has 0 fully saturated rings. The lowest BCUT2D eigenvalue weighted by molar-refractivity contribution is -0.127. The minimum atomic E-state index is -1.09. The van der Waals surface area contributed by atoms with Gasteiger partial charge < -0.3 is 137 Å². The van der Waals surface area contributed by atoms with E-state index in [2.05, 4.69) is 81.4 Å². The summed E-state index contributed by atoms with van der Waals surface area (Å²) in [6.45, 7) is 10.5. The number of nitrogens with zero attached hydrogens (tertiary/aromatic N) is 7. The monoisotopic (exact) mass is 1700 g/mol. The van der Waals surface area contributed by atoms with E-state index in [0.29, 0.717) is 141 Å². The fraction of sp³-hybridized carbons (Fsp3) is 0.463. The Morgan fingerprint density at radius 3 is 1.41 bits per heavy atom. The molecule has 8 rings (SSSR count). The molecule has 19 N–H and O–H groups in total. The van der Waals surface area contributed by atoms with Crippen molar-refractivity contribution in [2.24, 2.45) is 45.4 Å². The molecule has 0 unspecified atom stereocenters. The van der Waals surface area contributed by atoms with E-state index in [9.17, 15) is 43.2 Å². The van der Waals surface area contributed by atoms with Gasteiger partial charge in [-0.2, -0.15) is 0 Å². The van der Waals surface area contributed by atoms with Gasteiger partial charge in [0.05, 0.1) is 129 Å². The number of ether oxygens (including phenoxy) is 8. The van der Waals surface area contributed by atoms with Crippen LogP contribution in [0.5, 0.6) is 0 Å². The van der Waals surface area contributed by atoms with E-state index < -0.39 is 53.4 Å². The van der Waals surface area contributed by atoms with Gasteiger partial charge in [0, 0.05) is 127 Å². The zero-order valence-corrected chi connectivity index (χ0v) is 69.7. The van der Waals surface area contributed by atoms with Crippen LogP contribution in [0.2, 0.25) is 5.02 Å². The molecule has 5 heterocycles. The normalized spacial score (nSPS) is 13.4. The summed E-state index contributed by atoms with van der Waals surface area (Å²) in [5.41, 5.74) is 23.0. The van der Waals surface area contributed by atoms with Crippen molar-refractivity contribution in [2.45, 2.75) is 76.5 Å². The number of halogens is 1. The number of fused-ring (bicyclic) bond motifs is 1. The first-order chi connectivity index (χ1) is 58.2. The summed E-state index contributed by atoms with van der Waals surface area (Å²) in [6, 6.07) is 22.0. The average Bonchev–Trinajstić information content (AvgIpc) is 1.74. The number of nitrogens with one attached hydrogen (secondary N) is 13. The molecule has 0 radical (unpaired) electrons. The molecule has 1 aliphatic heterocycles. The van der Waals surface area contributed by atoms with Gasteiger partial charge in [-0.1, -0.05) is 29.8 Å². The van der Waals surface area contributed by atoms with Gasteiger partial charge in [0.1, 0.15) is 17.4 Å². The number of carbonyl (C=O) groups is 9. The Hall–Kier alpha value is -11.9. The zero-order valence-electron chi connectivity index (χ0n) is 68.9. The van der Waals surface area contributed by atoms with Crippen LogP contribution in [-0.2, 0) is 85.3 Å². The van der Waals surface area contributed by atoms with Gasteiger partial charge >= 0.3 is 0 Å². The van der Waals surface area contributed by atoms with Gasteiger partial charge in [-0.15, -0.1) is 0 Å². The third-order valence-electron chi connectivity index (χ3n) is 18.6. The molecular formula is C80H112ClN23O17. The molecular weight excluding hydrogens is 1590 g/mol. The lowest BCUT2D eigenvalue weighted by atomic mass is 9.88. The number of imidazole rings is 2. The fourth-order valence-electron chi connectivity index (χ4n) is 12.6. The maximum absolute atomic E-state index is 13.5. The van der Waals surface area contributed by atoms with Crippen LogP contribution in [0.25, 0.3) is 11.1 Å². The Bertz CT molecular complexity index is 4590. The Morgan fingerprint density at radius 2 is 0.934 bits per heavy atom. The first kappa shape index (κ1) is 94.6. The SMILES string of the molecule is CC(=O)N1c2ccc(-c3ccc(C(=O)NCCOCCOCCOCCOCCOCCOCCOCCOCCNC(=O)c4cc(NC(=O)c5nc(NC(=O)CCNC(=O)c6cc(NC(=O)c7nc(NC(=O)[C@H](CCCNC(=N)N)NC(=O)[C@@H](N)CCCNC(=N)N)cn7C)cn6C)cn5C)cn4C)cc3)cc2[C@H](Nc2ccc(Cl)cc2)C[C@@H]1C. The highest BCUT2D eigenvalue weighted by Crippen LogP contribution is 2.41. The van der Waals surface area contributed by atoms with Gasteiger partial charge in [-0.05, 0) is 116 Å². The topological polar surface area (TPSA) is 534 Å². The second kappa shape index (κ2) is 49.6. The quantitative estimate of drug-likeness (QED) is 0.0148. The summed E-state index contributed by atoms with van der Waals surface area (Å²) in [4.78, 5) is 129.